The van der Waals surface area contributed by atoms with E-state index < -0.39 is 11.5 Å². The Morgan fingerprint density at radius 1 is 1.29 bits per heavy atom. The number of carbonyl (C=O) groups is 1. The molecule has 2 aromatic heterocycles. The smallest absolute Gasteiger partial charge is 0.291 e. The minimum Gasteiger partial charge on any atom is -0.494 e. The quantitative estimate of drug-likeness (QED) is 0.623. The fourth-order valence-electron chi connectivity index (χ4n) is 3.96. The molecule has 3 N–H and O–H groups in total. The molecule has 1 aliphatic heterocycles. The summed E-state index contributed by atoms with van der Waals surface area (Å²) < 4.78 is 8.30. The maximum absolute atomic E-state index is 13.2. The first kappa shape index (κ1) is 21.4. The van der Waals surface area contributed by atoms with Crippen LogP contribution in [-0.4, -0.2) is 51.5 Å². The minimum atomic E-state index is -0.618. The van der Waals surface area contributed by atoms with Crippen molar-refractivity contribution in [3.05, 3.63) is 27.6 Å². The second-order valence-electron chi connectivity index (χ2n) is 8.81. The molecule has 31 heavy (non-hydrogen) atoms. The fraction of sp³-hybridized carbons (Fsp3) is 0.591. The Balaban J connectivity index is 1.88. The number of amides is 1. The monoisotopic (exact) mass is 429 g/mol. The highest BCUT2D eigenvalue weighted by molar-refractivity contribution is 5.97. The maximum atomic E-state index is 13.2. The van der Waals surface area contributed by atoms with Gasteiger partial charge in [-0.2, -0.15) is 4.52 Å². The van der Waals surface area contributed by atoms with E-state index in [2.05, 4.69) is 21.8 Å². The van der Waals surface area contributed by atoms with E-state index in [0.29, 0.717) is 23.9 Å². The third-order valence-electron chi connectivity index (χ3n) is 5.76. The van der Waals surface area contributed by atoms with Gasteiger partial charge in [0.25, 0.3) is 11.5 Å². The molecule has 1 amide bonds. The molecule has 2 aromatic rings. The van der Waals surface area contributed by atoms with Gasteiger partial charge in [-0.25, -0.2) is 0 Å². The average Bonchev–Trinajstić information content (AvgIpc) is 3.47. The number of hydrogen-bond acceptors (Lipinski definition) is 6. The van der Waals surface area contributed by atoms with Crippen LogP contribution < -0.4 is 16.2 Å². The molecule has 1 saturated carbocycles. The number of aromatic nitrogens is 3. The standard InChI is InChI=1S/C22H31N5O4/c1-13(2)12-26-20-16(7-4-14-8-10-31-11-9-14)18(23-3)25-27(20)22(30)17(21(26)29)19(28)24-15-5-6-15/h4,7,13-15,29H,5-6,8-12H2,1-3H3,(H,23,25)(H,24,28). The van der Waals surface area contributed by atoms with E-state index in [0.717, 1.165) is 44.5 Å². The van der Waals surface area contributed by atoms with Gasteiger partial charge >= 0.3 is 0 Å². The van der Waals surface area contributed by atoms with Crippen molar-refractivity contribution < 1.29 is 14.6 Å². The number of carbonyl (C=O) groups excluding carboxylic acids is 1. The molecular weight excluding hydrogens is 398 g/mol. The third-order valence-corrected chi connectivity index (χ3v) is 5.76. The van der Waals surface area contributed by atoms with Crippen LogP contribution in [0.4, 0.5) is 5.82 Å². The number of fused-ring (bicyclic) bond motifs is 1. The highest BCUT2D eigenvalue weighted by Crippen LogP contribution is 2.29. The van der Waals surface area contributed by atoms with Gasteiger partial charge in [-0.15, -0.1) is 5.10 Å². The van der Waals surface area contributed by atoms with Crippen molar-refractivity contribution in [3.8, 4) is 5.88 Å². The highest BCUT2D eigenvalue weighted by Gasteiger charge is 2.30. The van der Waals surface area contributed by atoms with E-state index in [1.54, 1.807) is 11.6 Å². The zero-order chi connectivity index (χ0) is 22.1. The molecule has 0 bridgehead atoms. The Labute approximate surface area is 181 Å². The molecule has 1 aliphatic carbocycles. The Kier molecular flexibility index (Phi) is 6.04. The normalized spacial score (nSPS) is 17.7. The molecule has 2 fully saturated rings. The summed E-state index contributed by atoms with van der Waals surface area (Å²) in [6.07, 6.45) is 7.75. The molecular formula is C22H31N5O4. The summed E-state index contributed by atoms with van der Waals surface area (Å²) in [5.74, 6) is 0.225. The number of hydrogen-bond donors (Lipinski definition) is 3. The van der Waals surface area contributed by atoms with Crippen LogP contribution in [0.5, 0.6) is 5.88 Å². The minimum absolute atomic E-state index is 0.0732. The van der Waals surface area contributed by atoms with Gasteiger partial charge in [0.05, 0.1) is 5.56 Å². The summed E-state index contributed by atoms with van der Waals surface area (Å²) in [6.45, 7) is 5.95. The van der Waals surface area contributed by atoms with Gasteiger partial charge in [-0.05, 0) is 37.5 Å². The first-order valence-electron chi connectivity index (χ1n) is 11.0. The molecule has 0 aromatic carbocycles. The van der Waals surface area contributed by atoms with Crippen LogP contribution in [0.3, 0.4) is 0 Å². The second-order valence-corrected chi connectivity index (χ2v) is 8.81. The summed E-state index contributed by atoms with van der Waals surface area (Å²) in [5.41, 5.74) is 0.320. The molecule has 4 rings (SSSR count). The number of ether oxygens (including phenoxy) is 1. The van der Waals surface area contributed by atoms with Crippen molar-refractivity contribution in [3.63, 3.8) is 0 Å². The molecule has 0 spiro atoms. The zero-order valence-electron chi connectivity index (χ0n) is 18.4. The van der Waals surface area contributed by atoms with Crippen molar-refractivity contribution in [2.75, 3.05) is 25.6 Å². The Morgan fingerprint density at radius 3 is 2.61 bits per heavy atom. The van der Waals surface area contributed by atoms with Crippen LogP contribution in [0.2, 0.25) is 0 Å². The van der Waals surface area contributed by atoms with Gasteiger partial charge in [-0.1, -0.05) is 26.0 Å². The Morgan fingerprint density at radius 2 is 2.00 bits per heavy atom. The van der Waals surface area contributed by atoms with Crippen LogP contribution in [0.1, 0.15) is 55.5 Å². The first-order valence-corrected chi connectivity index (χ1v) is 11.0. The number of anilines is 1. The van der Waals surface area contributed by atoms with Gasteiger partial charge < -0.3 is 20.5 Å². The van der Waals surface area contributed by atoms with Crippen LogP contribution in [0, 0.1) is 11.8 Å². The Hall–Kier alpha value is -2.81. The summed E-state index contributed by atoms with van der Waals surface area (Å²) in [6, 6.07) is 0.0732. The molecule has 1 saturated heterocycles. The van der Waals surface area contributed by atoms with E-state index >= 15 is 0 Å². The second kappa shape index (κ2) is 8.74. The van der Waals surface area contributed by atoms with Gasteiger partial charge in [0.15, 0.2) is 17.0 Å². The van der Waals surface area contributed by atoms with Gasteiger partial charge in [0, 0.05) is 32.8 Å². The van der Waals surface area contributed by atoms with Crippen LogP contribution >= 0.6 is 0 Å². The van der Waals surface area contributed by atoms with E-state index in [-0.39, 0.29) is 23.4 Å². The van der Waals surface area contributed by atoms with Crippen molar-refractivity contribution in [2.45, 2.75) is 52.1 Å². The summed E-state index contributed by atoms with van der Waals surface area (Å²) in [5, 5.41) is 21.3. The average molecular weight is 430 g/mol. The number of aromatic hydroxyl groups is 1. The van der Waals surface area contributed by atoms with E-state index in [4.69, 9.17) is 4.74 Å². The van der Waals surface area contributed by atoms with Gasteiger partial charge in [-0.3, -0.25) is 14.2 Å². The molecule has 0 atom stereocenters. The highest BCUT2D eigenvalue weighted by atomic mass is 16.5. The first-order chi connectivity index (χ1) is 14.9. The lowest BCUT2D eigenvalue weighted by Gasteiger charge is -2.19. The third kappa shape index (κ3) is 4.32. The van der Waals surface area contributed by atoms with Gasteiger partial charge in [0.2, 0.25) is 5.88 Å². The van der Waals surface area contributed by atoms with Crippen molar-refractivity contribution in [2.24, 2.45) is 11.8 Å². The molecule has 0 radical (unpaired) electrons. The number of nitrogens with zero attached hydrogens (tertiary/aromatic N) is 3. The van der Waals surface area contributed by atoms with Crippen molar-refractivity contribution in [1.29, 1.82) is 0 Å². The van der Waals surface area contributed by atoms with Crippen molar-refractivity contribution in [1.82, 2.24) is 19.5 Å². The molecule has 168 valence electrons. The lowest BCUT2D eigenvalue weighted by Crippen LogP contribution is -2.34. The predicted octanol–water partition coefficient (Wildman–Crippen LogP) is 2.23. The fourth-order valence-corrected chi connectivity index (χ4v) is 3.96. The topological polar surface area (TPSA) is 110 Å². The SMILES string of the molecule is CNc1nn2c(=O)c(C(=O)NC3CC3)c(O)n(CC(C)C)c2c1C=CC1CCOCC1. The lowest BCUT2D eigenvalue weighted by molar-refractivity contribution is 0.0787. The van der Waals surface area contributed by atoms with Gasteiger partial charge in [0.1, 0.15) is 0 Å². The van der Waals surface area contributed by atoms with Crippen LogP contribution in [0.15, 0.2) is 10.9 Å². The Bertz CT molecular complexity index is 1060. The number of rotatable bonds is 7. The van der Waals surface area contributed by atoms with Crippen molar-refractivity contribution >= 4 is 23.4 Å². The largest absolute Gasteiger partial charge is 0.494 e. The summed E-state index contributed by atoms with van der Waals surface area (Å²) >= 11 is 0. The lowest BCUT2D eigenvalue weighted by atomic mass is 9.99. The maximum Gasteiger partial charge on any atom is 0.291 e. The van der Waals surface area contributed by atoms with E-state index in [1.807, 2.05) is 19.9 Å². The summed E-state index contributed by atoms with van der Waals surface area (Å²) in [4.78, 5) is 26.0. The predicted molar refractivity (Wildman–Crippen MR) is 119 cm³/mol. The molecule has 9 nitrogen and oxygen atoms in total. The molecule has 0 unspecified atom stereocenters. The molecule has 9 heteroatoms. The summed E-state index contributed by atoms with van der Waals surface area (Å²) in [7, 11) is 1.74. The number of allylic oxidation sites excluding steroid dienone is 1. The van der Waals surface area contributed by atoms with E-state index in [1.165, 1.54) is 4.52 Å². The van der Waals surface area contributed by atoms with Crippen LogP contribution in [0.25, 0.3) is 11.7 Å². The van der Waals surface area contributed by atoms with E-state index in [9.17, 15) is 14.7 Å². The van der Waals surface area contributed by atoms with Crippen LogP contribution in [-0.2, 0) is 11.3 Å². The number of nitrogens with one attached hydrogen (secondary N) is 2. The molecule has 2 aliphatic rings. The molecule has 3 heterocycles. The zero-order valence-corrected chi connectivity index (χ0v) is 18.4.